The normalized spacial score (nSPS) is 18.9. The number of benzene rings is 1. The van der Waals surface area contributed by atoms with E-state index in [1.54, 1.807) is 31.2 Å². The third-order valence-corrected chi connectivity index (χ3v) is 5.97. The van der Waals surface area contributed by atoms with Crippen molar-refractivity contribution in [3.63, 3.8) is 0 Å². The summed E-state index contributed by atoms with van der Waals surface area (Å²) in [5, 5.41) is 7.47. The minimum atomic E-state index is -3.64. The summed E-state index contributed by atoms with van der Waals surface area (Å²) in [6.45, 7) is 2.68. The quantitative estimate of drug-likeness (QED) is 0.720. The van der Waals surface area contributed by atoms with E-state index in [1.165, 1.54) is 0 Å². The van der Waals surface area contributed by atoms with Crippen molar-refractivity contribution in [1.29, 1.82) is 0 Å². The van der Waals surface area contributed by atoms with Gasteiger partial charge in [-0.2, -0.15) is 8.42 Å². The van der Waals surface area contributed by atoms with Crippen molar-refractivity contribution in [3.8, 4) is 0 Å². The molecule has 142 valence electrons. The third-order valence-electron chi connectivity index (χ3n) is 4.65. The Labute approximate surface area is 156 Å². The van der Waals surface area contributed by atoms with Crippen molar-refractivity contribution >= 4 is 21.8 Å². The first-order valence-electron chi connectivity index (χ1n) is 8.59. The van der Waals surface area contributed by atoms with Crippen LogP contribution in [-0.4, -0.2) is 48.4 Å². The van der Waals surface area contributed by atoms with Gasteiger partial charge in [0.15, 0.2) is 12.4 Å². The Hall–Kier alpha value is -2.75. The van der Waals surface area contributed by atoms with E-state index in [0.717, 1.165) is 0 Å². The van der Waals surface area contributed by atoms with Crippen LogP contribution in [0.15, 0.2) is 38.0 Å². The molecule has 0 radical (unpaired) electrons. The summed E-state index contributed by atoms with van der Waals surface area (Å²) in [4.78, 5) is 14.4. The molecule has 0 aliphatic carbocycles. The summed E-state index contributed by atoms with van der Waals surface area (Å²) in [5.41, 5.74) is 0.616. The Balaban J connectivity index is 1.37. The SMILES string of the molecule is Cc1nnc(COC(=O)C2CCN(C3=NS(=O)(=O)c4ccccc43)CC2)o1. The third kappa shape index (κ3) is 3.44. The molecule has 1 aromatic heterocycles. The van der Waals surface area contributed by atoms with E-state index >= 15 is 0 Å². The first-order chi connectivity index (χ1) is 12.9. The molecule has 0 atom stereocenters. The largest absolute Gasteiger partial charge is 0.455 e. The molecule has 9 nitrogen and oxygen atoms in total. The van der Waals surface area contributed by atoms with Crippen LogP contribution in [0.25, 0.3) is 0 Å². The molecule has 0 spiro atoms. The van der Waals surface area contributed by atoms with Crippen LogP contribution >= 0.6 is 0 Å². The molecule has 1 saturated heterocycles. The molecule has 10 heteroatoms. The number of rotatable bonds is 3. The van der Waals surface area contributed by atoms with Crippen molar-refractivity contribution in [1.82, 2.24) is 15.1 Å². The van der Waals surface area contributed by atoms with E-state index in [4.69, 9.17) is 9.15 Å². The van der Waals surface area contributed by atoms with Gasteiger partial charge in [-0.25, -0.2) is 0 Å². The lowest BCUT2D eigenvalue weighted by atomic mass is 9.96. The highest BCUT2D eigenvalue weighted by Crippen LogP contribution is 2.29. The number of nitrogens with zero attached hydrogens (tertiary/aromatic N) is 4. The highest BCUT2D eigenvalue weighted by Gasteiger charge is 2.34. The van der Waals surface area contributed by atoms with E-state index in [9.17, 15) is 13.2 Å². The fourth-order valence-electron chi connectivity index (χ4n) is 3.29. The van der Waals surface area contributed by atoms with E-state index in [0.29, 0.717) is 43.2 Å². The van der Waals surface area contributed by atoms with Gasteiger partial charge in [-0.3, -0.25) is 4.79 Å². The average Bonchev–Trinajstić information content (AvgIpc) is 3.21. The zero-order valence-corrected chi connectivity index (χ0v) is 15.5. The molecule has 0 bridgehead atoms. The van der Waals surface area contributed by atoms with Gasteiger partial charge in [0, 0.05) is 25.6 Å². The Morgan fingerprint density at radius 3 is 2.70 bits per heavy atom. The first-order valence-corrected chi connectivity index (χ1v) is 10.0. The number of aromatic nitrogens is 2. The average molecular weight is 390 g/mol. The lowest BCUT2D eigenvalue weighted by Gasteiger charge is -2.32. The summed E-state index contributed by atoms with van der Waals surface area (Å²) in [6, 6.07) is 6.79. The molecule has 1 fully saturated rings. The van der Waals surface area contributed by atoms with Gasteiger partial charge in [-0.1, -0.05) is 12.1 Å². The van der Waals surface area contributed by atoms with Crippen LogP contribution in [0.5, 0.6) is 0 Å². The first kappa shape index (κ1) is 17.7. The van der Waals surface area contributed by atoms with Gasteiger partial charge in [-0.15, -0.1) is 14.6 Å². The van der Waals surface area contributed by atoms with Crippen LogP contribution in [0.4, 0.5) is 0 Å². The lowest BCUT2D eigenvalue weighted by molar-refractivity contribution is -0.152. The maximum atomic E-state index is 12.3. The minimum absolute atomic E-state index is 0.0434. The van der Waals surface area contributed by atoms with Gasteiger partial charge in [0.05, 0.1) is 5.92 Å². The number of carbonyl (C=O) groups is 1. The van der Waals surface area contributed by atoms with Gasteiger partial charge >= 0.3 is 5.97 Å². The van der Waals surface area contributed by atoms with Crippen molar-refractivity contribution in [2.75, 3.05) is 13.1 Å². The van der Waals surface area contributed by atoms with Crippen LogP contribution in [0.3, 0.4) is 0 Å². The van der Waals surface area contributed by atoms with Crippen LogP contribution in [0.2, 0.25) is 0 Å². The number of hydrogen-bond acceptors (Lipinski definition) is 8. The molecule has 2 aliphatic heterocycles. The molecule has 4 rings (SSSR count). The number of aryl methyl sites for hydroxylation is 1. The Bertz CT molecular complexity index is 1010. The highest BCUT2D eigenvalue weighted by atomic mass is 32.2. The second kappa shape index (κ2) is 6.76. The van der Waals surface area contributed by atoms with Crippen LogP contribution in [0.1, 0.15) is 30.2 Å². The van der Waals surface area contributed by atoms with Gasteiger partial charge in [0.25, 0.3) is 15.9 Å². The maximum absolute atomic E-state index is 12.3. The number of hydrogen-bond donors (Lipinski definition) is 0. The van der Waals surface area contributed by atoms with Gasteiger partial charge in [-0.05, 0) is 25.0 Å². The molecule has 2 aromatic rings. The molecule has 0 N–H and O–H groups in total. The fraction of sp³-hybridized carbons (Fsp3) is 0.412. The summed E-state index contributed by atoms with van der Waals surface area (Å²) in [5.74, 6) is 0.576. The highest BCUT2D eigenvalue weighted by molar-refractivity contribution is 7.90. The number of ether oxygens (including phenoxy) is 1. The van der Waals surface area contributed by atoms with Crippen molar-refractivity contribution < 1.29 is 22.4 Å². The van der Waals surface area contributed by atoms with Gasteiger partial charge < -0.3 is 14.1 Å². The second-order valence-corrected chi connectivity index (χ2v) is 8.04. The fourth-order valence-corrected chi connectivity index (χ4v) is 4.52. The molecule has 1 aromatic carbocycles. The van der Waals surface area contributed by atoms with Crippen molar-refractivity contribution in [2.45, 2.75) is 31.3 Å². The molecular weight excluding hydrogens is 372 g/mol. The number of esters is 1. The zero-order chi connectivity index (χ0) is 19.0. The standard InChI is InChI=1S/C17H18N4O5S/c1-11-18-19-15(26-11)10-25-17(22)12-6-8-21(9-7-12)16-13-4-2-3-5-14(13)27(23,24)20-16/h2-5,12H,6-10H2,1H3. The topological polar surface area (TPSA) is 115 Å². The molecule has 3 heterocycles. The number of piperidine rings is 1. The van der Waals surface area contributed by atoms with Gasteiger partial charge in [0.1, 0.15) is 4.90 Å². The van der Waals surface area contributed by atoms with Gasteiger partial charge in [0.2, 0.25) is 5.89 Å². The molecule has 0 saturated carbocycles. The Morgan fingerprint density at radius 2 is 2.00 bits per heavy atom. The molecule has 2 aliphatic rings. The van der Waals surface area contributed by atoms with Crippen molar-refractivity contribution in [2.24, 2.45) is 10.3 Å². The monoisotopic (exact) mass is 390 g/mol. The zero-order valence-electron chi connectivity index (χ0n) is 14.7. The van der Waals surface area contributed by atoms with E-state index in [-0.39, 0.29) is 29.3 Å². The number of sulfonamides is 1. The molecular formula is C17H18N4O5S. The summed E-state index contributed by atoms with van der Waals surface area (Å²) >= 11 is 0. The van der Waals surface area contributed by atoms with E-state index < -0.39 is 10.0 Å². The van der Waals surface area contributed by atoms with Crippen LogP contribution in [-0.2, 0) is 26.2 Å². The predicted octanol–water partition coefficient (Wildman–Crippen LogP) is 1.28. The lowest BCUT2D eigenvalue weighted by Crippen LogP contribution is -2.40. The van der Waals surface area contributed by atoms with E-state index in [2.05, 4.69) is 14.6 Å². The van der Waals surface area contributed by atoms with E-state index in [1.807, 2.05) is 4.90 Å². The Morgan fingerprint density at radius 1 is 1.26 bits per heavy atom. The number of amidine groups is 1. The summed E-state index contributed by atoms with van der Waals surface area (Å²) in [6.07, 6.45) is 1.12. The smallest absolute Gasteiger partial charge is 0.309 e. The maximum Gasteiger partial charge on any atom is 0.309 e. The number of carbonyl (C=O) groups excluding carboxylic acids is 1. The predicted molar refractivity (Wildman–Crippen MR) is 93.3 cm³/mol. The van der Waals surface area contributed by atoms with Crippen LogP contribution in [0, 0.1) is 12.8 Å². The van der Waals surface area contributed by atoms with Crippen LogP contribution < -0.4 is 0 Å². The molecule has 0 amide bonds. The molecule has 27 heavy (non-hydrogen) atoms. The second-order valence-electron chi connectivity index (χ2n) is 6.47. The molecule has 0 unspecified atom stereocenters. The van der Waals surface area contributed by atoms with Crippen molar-refractivity contribution in [3.05, 3.63) is 41.6 Å². The summed E-state index contributed by atoms with van der Waals surface area (Å²) in [7, 11) is -3.64. The summed E-state index contributed by atoms with van der Waals surface area (Å²) < 4.78 is 38.7. The Kier molecular flexibility index (Phi) is 4.42. The minimum Gasteiger partial charge on any atom is -0.455 e. The number of likely N-dealkylation sites (tertiary alicyclic amines) is 1. The number of fused-ring (bicyclic) bond motifs is 1.